The van der Waals surface area contributed by atoms with Crippen LogP contribution < -0.4 is 19.4 Å². The van der Waals surface area contributed by atoms with Gasteiger partial charge in [0.2, 0.25) is 17.7 Å². The SMILES string of the molecule is COc1ccc(N(C(=O)CN2C(=O)CC(=O)N(c3ccsc3)c3ccccc32)C(C)C)cc1. The van der Waals surface area contributed by atoms with Crippen molar-refractivity contribution in [2.75, 3.05) is 28.4 Å². The average Bonchev–Trinajstić information content (AvgIpc) is 3.29. The third-order valence-corrected chi connectivity index (χ3v) is 6.13. The molecule has 0 spiro atoms. The maximum Gasteiger partial charge on any atom is 0.247 e. The Hall–Kier alpha value is -3.65. The third kappa shape index (κ3) is 4.47. The fourth-order valence-corrected chi connectivity index (χ4v) is 4.60. The van der Waals surface area contributed by atoms with Crippen molar-refractivity contribution in [2.45, 2.75) is 26.3 Å². The number of thiophene rings is 1. The monoisotopic (exact) mass is 463 g/mol. The number of carbonyl (C=O) groups is 3. The van der Waals surface area contributed by atoms with Crippen LogP contribution in [0.3, 0.4) is 0 Å². The minimum absolute atomic E-state index is 0.132. The highest BCUT2D eigenvalue weighted by atomic mass is 32.1. The molecule has 33 heavy (non-hydrogen) atoms. The number of carbonyl (C=O) groups excluding carboxylic acids is 3. The smallest absolute Gasteiger partial charge is 0.247 e. The van der Waals surface area contributed by atoms with Crippen molar-refractivity contribution in [2.24, 2.45) is 0 Å². The van der Waals surface area contributed by atoms with E-state index in [1.54, 1.807) is 47.2 Å². The molecule has 0 saturated carbocycles. The number of amides is 3. The van der Waals surface area contributed by atoms with Crippen LogP contribution in [0.2, 0.25) is 0 Å². The molecular formula is C25H25N3O4S. The van der Waals surface area contributed by atoms with E-state index >= 15 is 0 Å². The molecular weight excluding hydrogens is 438 g/mol. The number of hydrogen-bond acceptors (Lipinski definition) is 5. The molecule has 3 aromatic rings. The largest absolute Gasteiger partial charge is 0.497 e. The number of methoxy groups -OCH3 is 1. The molecule has 7 nitrogen and oxygen atoms in total. The second kappa shape index (κ2) is 9.46. The van der Waals surface area contributed by atoms with Gasteiger partial charge in [-0.3, -0.25) is 19.3 Å². The number of fused-ring (bicyclic) bond motifs is 1. The molecule has 0 unspecified atom stereocenters. The number of ether oxygens (including phenoxy) is 1. The number of nitrogens with zero attached hydrogens (tertiary/aromatic N) is 3. The minimum Gasteiger partial charge on any atom is -0.497 e. The molecule has 0 fully saturated rings. The van der Waals surface area contributed by atoms with E-state index in [0.717, 1.165) is 0 Å². The number of anilines is 4. The summed E-state index contributed by atoms with van der Waals surface area (Å²) in [6.07, 6.45) is -0.317. The quantitative estimate of drug-likeness (QED) is 0.501. The topological polar surface area (TPSA) is 70.2 Å². The van der Waals surface area contributed by atoms with Crippen LogP contribution in [-0.2, 0) is 14.4 Å². The van der Waals surface area contributed by atoms with Gasteiger partial charge in [-0.05, 0) is 61.7 Å². The molecule has 1 aliphatic heterocycles. The van der Waals surface area contributed by atoms with Crippen molar-refractivity contribution in [1.29, 1.82) is 0 Å². The van der Waals surface area contributed by atoms with Crippen molar-refractivity contribution in [3.63, 3.8) is 0 Å². The van der Waals surface area contributed by atoms with Crippen LogP contribution in [0.1, 0.15) is 20.3 Å². The summed E-state index contributed by atoms with van der Waals surface area (Å²) in [5.41, 5.74) is 2.54. The molecule has 0 atom stereocenters. The summed E-state index contributed by atoms with van der Waals surface area (Å²) in [5, 5.41) is 3.75. The molecule has 0 N–H and O–H groups in total. The van der Waals surface area contributed by atoms with Gasteiger partial charge in [0.15, 0.2) is 0 Å². The Morgan fingerprint density at radius 3 is 2.33 bits per heavy atom. The van der Waals surface area contributed by atoms with Gasteiger partial charge in [-0.25, -0.2) is 0 Å². The molecule has 4 rings (SSSR count). The highest BCUT2D eigenvalue weighted by Gasteiger charge is 2.34. The lowest BCUT2D eigenvalue weighted by Crippen LogP contribution is -2.46. The van der Waals surface area contributed by atoms with Gasteiger partial charge in [0.1, 0.15) is 18.7 Å². The fraction of sp³-hybridized carbons (Fsp3) is 0.240. The molecule has 0 aliphatic carbocycles. The second-order valence-corrected chi connectivity index (χ2v) is 8.69. The first-order valence-corrected chi connectivity index (χ1v) is 11.6. The van der Waals surface area contributed by atoms with Gasteiger partial charge in [-0.1, -0.05) is 12.1 Å². The molecule has 170 valence electrons. The van der Waals surface area contributed by atoms with Crippen LogP contribution in [-0.4, -0.2) is 37.4 Å². The number of rotatable bonds is 6. The van der Waals surface area contributed by atoms with Gasteiger partial charge >= 0.3 is 0 Å². The Morgan fingerprint density at radius 2 is 1.73 bits per heavy atom. The molecule has 8 heteroatoms. The molecule has 1 aromatic heterocycles. The summed E-state index contributed by atoms with van der Waals surface area (Å²) >= 11 is 1.47. The summed E-state index contributed by atoms with van der Waals surface area (Å²) < 4.78 is 5.22. The fourth-order valence-electron chi connectivity index (χ4n) is 3.98. The molecule has 2 aromatic carbocycles. The lowest BCUT2D eigenvalue weighted by atomic mass is 10.2. The van der Waals surface area contributed by atoms with Gasteiger partial charge in [0.05, 0.1) is 24.2 Å². The predicted molar refractivity (Wildman–Crippen MR) is 130 cm³/mol. The van der Waals surface area contributed by atoms with Crippen molar-refractivity contribution in [1.82, 2.24) is 0 Å². The van der Waals surface area contributed by atoms with Crippen LogP contribution >= 0.6 is 11.3 Å². The zero-order chi connectivity index (χ0) is 23.5. The van der Waals surface area contributed by atoms with Gasteiger partial charge in [-0.2, -0.15) is 11.3 Å². The van der Waals surface area contributed by atoms with Gasteiger partial charge in [0, 0.05) is 17.1 Å². The Bertz CT molecular complexity index is 1160. The number of para-hydroxylation sites is 2. The molecule has 3 amide bonds. The Labute approximate surface area is 196 Å². The standard InChI is InChI=1S/C25H25N3O4S/c1-17(2)27(18-8-10-20(32-3)11-9-18)25(31)15-26-21-6-4-5-7-22(21)28(19-12-13-33-16-19)24(30)14-23(26)29/h4-13,16-17H,14-15H2,1-3H3. The van der Waals surface area contributed by atoms with Crippen molar-refractivity contribution in [3.05, 3.63) is 65.4 Å². The van der Waals surface area contributed by atoms with Crippen LogP contribution in [0.15, 0.2) is 65.4 Å². The maximum absolute atomic E-state index is 13.5. The zero-order valence-electron chi connectivity index (χ0n) is 18.7. The van der Waals surface area contributed by atoms with E-state index in [1.807, 2.05) is 48.9 Å². The van der Waals surface area contributed by atoms with Crippen molar-refractivity contribution < 1.29 is 19.1 Å². The highest BCUT2D eigenvalue weighted by Crippen LogP contribution is 2.38. The first-order valence-electron chi connectivity index (χ1n) is 10.6. The van der Waals surface area contributed by atoms with E-state index < -0.39 is 5.91 Å². The van der Waals surface area contributed by atoms with Crippen LogP contribution in [0.5, 0.6) is 5.75 Å². The van der Waals surface area contributed by atoms with E-state index in [1.165, 1.54) is 16.2 Å². The molecule has 2 heterocycles. The second-order valence-electron chi connectivity index (χ2n) is 7.91. The lowest BCUT2D eigenvalue weighted by Gasteiger charge is -2.30. The minimum atomic E-state index is -0.406. The van der Waals surface area contributed by atoms with Crippen molar-refractivity contribution >= 4 is 51.8 Å². The average molecular weight is 464 g/mol. The van der Waals surface area contributed by atoms with Crippen LogP contribution in [0.4, 0.5) is 22.7 Å². The predicted octanol–water partition coefficient (Wildman–Crippen LogP) is 4.60. The lowest BCUT2D eigenvalue weighted by molar-refractivity contribution is -0.127. The van der Waals surface area contributed by atoms with Gasteiger partial charge in [-0.15, -0.1) is 0 Å². The summed E-state index contributed by atoms with van der Waals surface area (Å²) in [6.45, 7) is 3.66. The molecule has 0 radical (unpaired) electrons. The zero-order valence-corrected chi connectivity index (χ0v) is 19.5. The number of hydrogen-bond donors (Lipinski definition) is 0. The van der Waals surface area contributed by atoms with Crippen LogP contribution in [0, 0.1) is 0 Å². The van der Waals surface area contributed by atoms with E-state index in [2.05, 4.69) is 0 Å². The Kier molecular flexibility index (Phi) is 6.46. The van der Waals surface area contributed by atoms with E-state index in [0.29, 0.717) is 28.5 Å². The normalized spacial score (nSPS) is 13.7. The first kappa shape index (κ1) is 22.5. The van der Waals surface area contributed by atoms with Crippen molar-refractivity contribution in [3.8, 4) is 5.75 Å². The van der Waals surface area contributed by atoms with Gasteiger partial charge in [0.25, 0.3) is 0 Å². The maximum atomic E-state index is 13.5. The first-order chi connectivity index (χ1) is 15.9. The third-order valence-electron chi connectivity index (χ3n) is 5.46. The van der Waals surface area contributed by atoms with E-state index in [4.69, 9.17) is 4.74 Å². The van der Waals surface area contributed by atoms with Gasteiger partial charge < -0.3 is 14.5 Å². The van der Waals surface area contributed by atoms with E-state index in [9.17, 15) is 14.4 Å². The highest BCUT2D eigenvalue weighted by molar-refractivity contribution is 7.08. The molecule has 1 aliphatic rings. The summed E-state index contributed by atoms with van der Waals surface area (Å²) in [7, 11) is 1.59. The Balaban J connectivity index is 1.69. The Morgan fingerprint density at radius 1 is 1.03 bits per heavy atom. The summed E-state index contributed by atoms with van der Waals surface area (Å²) in [6, 6.07) is 16.1. The van der Waals surface area contributed by atoms with E-state index in [-0.39, 0.29) is 30.8 Å². The summed E-state index contributed by atoms with van der Waals surface area (Å²) in [5.74, 6) is -0.276. The molecule has 0 saturated heterocycles. The molecule has 0 bridgehead atoms. The van der Waals surface area contributed by atoms with Crippen LogP contribution in [0.25, 0.3) is 0 Å². The number of benzene rings is 2. The summed E-state index contributed by atoms with van der Waals surface area (Å²) in [4.78, 5) is 44.3.